The molecular formula is C46H21BF20O3S. The Morgan fingerprint density at radius 1 is 0.324 bits per heavy atom. The molecule has 0 radical (unpaired) electrons. The van der Waals surface area contributed by atoms with E-state index in [4.69, 9.17) is 14.0 Å². The fraction of sp³-hybridized carbons (Fsp3) is 0.0870. The minimum atomic E-state index is -5.02. The molecule has 0 saturated heterocycles. The van der Waals surface area contributed by atoms with Crippen molar-refractivity contribution in [3.8, 4) is 0 Å². The van der Waals surface area contributed by atoms with Gasteiger partial charge < -0.3 is 14.0 Å². The Labute approximate surface area is 387 Å². The first-order valence-electron chi connectivity index (χ1n) is 19.5. The number of halogens is 20. The van der Waals surface area contributed by atoms with Crippen molar-refractivity contribution in [3.63, 3.8) is 0 Å². The Morgan fingerprint density at radius 2 is 0.592 bits per heavy atom. The lowest BCUT2D eigenvalue weighted by atomic mass is 9.96. The first-order valence-corrected chi connectivity index (χ1v) is 21.3. The molecular weight excluding hydrogens is 1020 g/mol. The lowest BCUT2D eigenvalue weighted by Crippen LogP contribution is -2.47. The van der Waals surface area contributed by atoms with Crippen LogP contribution in [-0.4, -0.2) is 7.32 Å². The van der Waals surface area contributed by atoms with E-state index in [1.165, 1.54) is 12.1 Å². The average molecular weight is 1040 g/mol. The van der Waals surface area contributed by atoms with Crippen LogP contribution in [0.4, 0.5) is 87.8 Å². The van der Waals surface area contributed by atoms with E-state index in [1.54, 1.807) is 0 Å². The molecule has 7 aromatic carbocycles. The predicted molar refractivity (Wildman–Crippen MR) is 209 cm³/mol. The van der Waals surface area contributed by atoms with Crippen molar-refractivity contribution in [3.05, 3.63) is 235 Å². The van der Waals surface area contributed by atoms with E-state index in [1.807, 2.05) is 0 Å². The number of rotatable bonds is 15. The summed E-state index contributed by atoms with van der Waals surface area (Å²) in [5.41, 5.74) is -9.21. The summed E-state index contributed by atoms with van der Waals surface area (Å²) in [6.45, 7) is -4.27. The van der Waals surface area contributed by atoms with Crippen molar-refractivity contribution < 1.29 is 102 Å². The van der Waals surface area contributed by atoms with E-state index >= 15 is 57.1 Å². The van der Waals surface area contributed by atoms with E-state index in [0.29, 0.717) is 0 Å². The van der Waals surface area contributed by atoms with Gasteiger partial charge in [0.2, 0.25) is 23.3 Å². The Balaban J connectivity index is 1.69. The van der Waals surface area contributed by atoms with Crippen LogP contribution in [0.1, 0.15) is 27.8 Å². The molecule has 0 N–H and O–H groups in total. The molecule has 0 amide bonds. The zero-order chi connectivity index (χ0) is 52.0. The second kappa shape index (κ2) is 20.3. The third-order valence-electron chi connectivity index (χ3n) is 10.7. The van der Waals surface area contributed by atoms with Crippen molar-refractivity contribution in [2.24, 2.45) is 0 Å². The lowest BCUT2D eigenvalue weighted by Gasteiger charge is -2.56. The lowest BCUT2D eigenvalue weighted by molar-refractivity contribution is 0.0388. The molecule has 25 heteroatoms. The molecule has 372 valence electrons. The van der Waals surface area contributed by atoms with Crippen LogP contribution in [-0.2, 0) is 37.9 Å². The Hall–Kier alpha value is -6.57. The van der Waals surface area contributed by atoms with Crippen LogP contribution >= 0.6 is 10.0 Å². The summed E-state index contributed by atoms with van der Waals surface area (Å²) in [6, 6.07) is 14.7. The maximum absolute atomic E-state index is 17.2. The zero-order valence-electron chi connectivity index (χ0n) is 34.6. The van der Waals surface area contributed by atoms with Crippen molar-refractivity contribution in [1.82, 2.24) is 0 Å². The second-order valence-corrected chi connectivity index (χ2v) is 17.9. The second-order valence-electron chi connectivity index (χ2n) is 14.6. The van der Waals surface area contributed by atoms with E-state index in [-0.39, 0.29) is 0 Å². The summed E-state index contributed by atoms with van der Waals surface area (Å²) in [7, 11) is -8.56. The summed E-state index contributed by atoms with van der Waals surface area (Å²) in [4.78, 5) is -5.35. The van der Waals surface area contributed by atoms with Gasteiger partial charge in [-0.1, -0.05) is 66.7 Å². The highest BCUT2D eigenvalue weighted by Crippen LogP contribution is 2.79. The Kier molecular flexibility index (Phi) is 14.9. The van der Waals surface area contributed by atoms with Gasteiger partial charge in [-0.25, -0.2) is 87.8 Å². The molecule has 1 atom stereocenters. The highest BCUT2D eigenvalue weighted by molar-refractivity contribution is 8.34. The van der Waals surface area contributed by atoms with Gasteiger partial charge >= 0.3 is 7.32 Å². The van der Waals surface area contributed by atoms with Gasteiger partial charge in [-0.15, -0.1) is 10.0 Å². The minimum absolute atomic E-state index is 0.638. The molecule has 3 nitrogen and oxygen atoms in total. The monoisotopic (exact) mass is 1040 g/mol. The van der Waals surface area contributed by atoms with Crippen molar-refractivity contribution in [2.75, 3.05) is 0 Å². The maximum atomic E-state index is 17.2. The molecule has 0 fully saturated rings. The molecule has 0 saturated carbocycles. The quantitative estimate of drug-likeness (QED) is 0.0443. The smallest absolute Gasteiger partial charge is 0.381 e. The molecule has 71 heavy (non-hydrogen) atoms. The van der Waals surface area contributed by atoms with Crippen LogP contribution in [0, 0.1) is 116 Å². The van der Waals surface area contributed by atoms with Crippen LogP contribution < -0.4 is 0 Å². The third kappa shape index (κ3) is 8.64. The first-order chi connectivity index (χ1) is 33.6. The number of hydrogen-bond donors (Lipinski definition) is 0. The summed E-state index contributed by atoms with van der Waals surface area (Å²) < 4.78 is 323. The van der Waals surface area contributed by atoms with E-state index < -0.39 is 195 Å². The fourth-order valence-electron chi connectivity index (χ4n) is 7.42. The van der Waals surface area contributed by atoms with E-state index in [0.717, 1.165) is 78.9 Å². The largest absolute Gasteiger partial charge is 0.641 e. The third-order valence-corrected chi connectivity index (χ3v) is 15.1. The molecule has 0 spiro atoms. The minimum Gasteiger partial charge on any atom is -0.381 e. The van der Waals surface area contributed by atoms with E-state index in [2.05, 4.69) is 0 Å². The van der Waals surface area contributed by atoms with Gasteiger partial charge in [0.05, 0.1) is 29.9 Å². The fourth-order valence-corrected chi connectivity index (χ4v) is 12.1. The molecule has 7 rings (SSSR count). The topological polar surface area (TPSA) is 27.7 Å². The van der Waals surface area contributed by atoms with Gasteiger partial charge in [0.15, 0.2) is 98.0 Å². The number of benzene rings is 7. The average Bonchev–Trinajstić information content (AvgIpc) is 3.38. The van der Waals surface area contributed by atoms with Crippen molar-refractivity contribution in [2.45, 2.75) is 33.7 Å². The van der Waals surface area contributed by atoms with Gasteiger partial charge in [-0.3, -0.25) is 0 Å². The van der Waals surface area contributed by atoms with Gasteiger partial charge in [0.1, 0.15) is 0 Å². The molecule has 1 unspecified atom stereocenters. The van der Waals surface area contributed by atoms with Gasteiger partial charge in [-0.2, -0.15) is 0 Å². The summed E-state index contributed by atoms with van der Waals surface area (Å²) in [5.74, 6) is -56.8. The zero-order valence-corrected chi connectivity index (χ0v) is 35.4. The van der Waals surface area contributed by atoms with Crippen LogP contribution in [0.15, 0.2) is 101 Å². The molecule has 0 aliphatic carbocycles. The normalized spacial score (nSPS) is 12.9. The van der Waals surface area contributed by atoms with Crippen molar-refractivity contribution in [1.29, 1.82) is 0 Å². The Morgan fingerprint density at radius 3 is 0.915 bits per heavy atom. The molecule has 0 aliphatic heterocycles. The molecule has 0 aliphatic rings. The van der Waals surface area contributed by atoms with Crippen LogP contribution in [0.2, 0.25) is 0 Å². The van der Waals surface area contributed by atoms with Crippen molar-refractivity contribution >= 4 is 17.3 Å². The van der Waals surface area contributed by atoms with Gasteiger partial charge in [-0.05, 0) is 39.6 Å². The highest BCUT2D eigenvalue weighted by Gasteiger charge is 2.60. The summed E-state index contributed by atoms with van der Waals surface area (Å²) in [5, 5.41) is 0. The number of hydrogen-bond acceptors (Lipinski definition) is 3. The maximum Gasteiger partial charge on any atom is 0.641 e. The highest BCUT2D eigenvalue weighted by atomic mass is 32.3. The van der Waals surface area contributed by atoms with Gasteiger partial charge in [0.25, 0.3) is 0 Å². The molecule has 0 heterocycles. The first kappa shape index (κ1) is 52.3. The summed E-state index contributed by atoms with van der Waals surface area (Å²) >= 11 is 0. The molecule has 0 aromatic heterocycles. The SMILES string of the molecule is Fc1c(F)c(F)c(COB(OCc2c(F)c(F)c(F)c(F)c2F)OC(c2ccccc2)(c2c(F)c(F)c(F)c(F)c2F)S(Cc2c(F)c(F)c(F)c(F)c2F)(c2ccccc2)c2ccccc2)c(F)c1F. The standard InChI is InChI=1S/C46H21BF20O3S/c48-26-22(27(49)35(57)42(64)34(26)56)16-68-47(69-17-23-28(50)36(58)43(65)37(59)29(23)51)70-46(19-10-4-1-5-11-19,25-32(54)40(62)45(67)41(63)33(25)55)71(20-12-6-2-7-13-20,21-14-8-3-9-15-21)18-24-30(52)38(60)44(66)39(61)31(24)53/h1-15H,16-18H2. The van der Waals surface area contributed by atoms with Crippen LogP contribution in [0.25, 0.3) is 0 Å². The predicted octanol–water partition coefficient (Wildman–Crippen LogP) is 14.2. The summed E-state index contributed by atoms with van der Waals surface area (Å²) in [6.07, 6.45) is 0. The van der Waals surface area contributed by atoms with Crippen LogP contribution in [0.3, 0.4) is 0 Å². The van der Waals surface area contributed by atoms with Gasteiger partial charge in [0, 0.05) is 11.3 Å². The molecule has 7 aromatic rings. The Bertz CT molecular complexity index is 2960. The molecule has 0 bridgehead atoms. The van der Waals surface area contributed by atoms with E-state index in [9.17, 15) is 30.7 Å². The van der Waals surface area contributed by atoms with Crippen LogP contribution in [0.5, 0.6) is 0 Å².